The Morgan fingerprint density at radius 3 is 2.86 bits per heavy atom. The Hall–Kier alpha value is -0.860. The van der Waals surface area contributed by atoms with Crippen LogP contribution in [0.5, 0.6) is 0 Å². The number of hydrogen-bond acceptors (Lipinski definition) is 2. The fourth-order valence-electron chi connectivity index (χ4n) is 1.39. The minimum Gasteiger partial charge on any atom is -0.252 e. The van der Waals surface area contributed by atoms with Gasteiger partial charge in [0.15, 0.2) is 0 Å². The molecule has 0 aliphatic rings. The second-order valence-electron chi connectivity index (χ2n) is 4.03. The third kappa shape index (κ3) is 3.48. The van der Waals surface area contributed by atoms with E-state index in [0.29, 0.717) is 0 Å². The van der Waals surface area contributed by atoms with Gasteiger partial charge in [-0.25, -0.2) is 0 Å². The van der Waals surface area contributed by atoms with E-state index in [-0.39, 0.29) is 0 Å². The van der Waals surface area contributed by atoms with Gasteiger partial charge >= 0.3 is 0 Å². The molecule has 1 rings (SSSR count). The number of rotatable bonds is 6. The van der Waals surface area contributed by atoms with E-state index in [1.807, 2.05) is 4.68 Å². The van der Waals surface area contributed by atoms with Crippen molar-refractivity contribution < 1.29 is 0 Å². The van der Waals surface area contributed by atoms with Crippen molar-refractivity contribution in [1.29, 1.82) is 0 Å². The van der Waals surface area contributed by atoms with Gasteiger partial charge in [-0.3, -0.25) is 4.68 Å². The first-order valence-electron chi connectivity index (χ1n) is 5.65. The Morgan fingerprint density at radius 2 is 2.21 bits per heavy atom. The minimum atomic E-state index is 0.798. The number of aromatic nitrogens is 3. The van der Waals surface area contributed by atoms with Crippen LogP contribution in [0.1, 0.15) is 45.7 Å². The van der Waals surface area contributed by atoms with Gasteiger partial charge in [-0.15, -0.1) is 5.10 Å². The van der Waals surface area contributed by atoms with Crippen LogP contribution in [0, 0.1) is 5.92 Å². The maximum Gasteiger partial charge on any atom is 0.0827 e. The molecule has 0 bridgehead atoms. The summed E-state index contributed by atoms with van der Waals surface area (Å²) >= 11 is 0. The van der Waals surface area contributed by atoms with Crippen LogP contribution in [0.3, 0.4) is 0 Å². The van der Waals surface area contributed by atoms with Crippen molar-refractivity contribution in [3.63, 3.8) is 0 Å². The molecule has 0 aromatic carbocycles. The van der Waals surface area contributed by atoms with Crippen LogP contribution >= 0.6 is 0 Å². The zero-order valence-corrected chi connectivity index (χ0v) is 9.53. The van der Waals surface area contributed by atoms with Gasteiger partial charge in [0.25, 0.3) is 0 Å². The van der Waals surface area contributed by atoms with Gasteiger partial charge in [-0.2, -0.15) is 0 Å². The van der Waals surface area contributed by atoms with E-state index in [0.717, 1.165) is 31.0 Å². The van der Waals surface area contributed by atoms with E-state index in [9.17, 15) is 0 Å². The molecule has 0 saturated heterocycles. The van der Waals surface area contributed by atoms with E-state index < -0.39 is 0 Å². The molecule has 0 amide bonds. The van der Waals surface area contributed by atoms with Crippen LogP contribution in [0.2, 0.25) is 0 Å². The predicted octanol–water partition coefficient (Wildman–Crippen LogP) is 2.67. The molecule has 1 aromatic rings. The molecule has 0 N–H and O–H groups in total. The third-order valence-electron chi connectivity index (χ3n) is 2.63. The number of aryl methyl sites for hydroxylation is 2. The summed E-state index contributed by atoms with van der Waals surface area (Å²) in [6, 6.07) is 0. The Kier molecular flexibility index (Phi) is 4.63. The first kappa shape index (κ1) is 11.2. The van der Waals surface area contributed by atoms with Gasteiger partial charge in [-0.05, 0) is 25.2 Å². The predicted molar refractivity (Wildman–Crippen MR) is 58.1 cm³/mol. The fraction of sp³-hybridized carbons (Fsp3) is 0.818. The van der Waals surface area contributed by atoms with Crippen LogP contribution in [0.15, 0.2) is 6.20 Å². The highest BCUT2D eigenvalue weighted by molar-refractivity contribution is 4.92. The summed E-state index contributed by atoms with van der Waals surface area (Å²) in [5.41, 5.74) is 1.14. The van der Waals surface area contributed by atoms with E-state index in [1.54, 1.807) is 0 Å². The lowest BCUT2D eigenvalue weighted by Crippen LogP contribution is -1.96. The zero-order chi connectivity index (χ0) is 10.4. The Morgan fingerprint density at radius 1 is 1.43 bits per heavy atom. The summed E-state index contributed by atoms with van der Waals surface area (Å²) in [5, 5.41) is 8.23. The van der Waals surface area contributed by atoms with Crippen LogP contribution in [-0.4, -0.2) is 15.0 Å². The Bertz CT molecular complexity index is 255. The van der Waals surface area contributed by atoms with Gasteiger partial charge in [0, 0.05) is 12.7 Å². The average Bonchev–Trinajstić information content (AvgIpc) is 2.63. The maximum atomic E-state index is 4.15. The zero-order valence-electron chi connectivity index (χ0n) is 9.53. The molecular formula is C11H21N3. The average molecular weight is 195 g/mol. The summed E-state index contributed by atoms with van der Waals surface area (Å²) in [6.07, 6.45) is 6.74. The molecule has 1 aromatic heterocycles. The lowest BCUT2D eigenvalue weighted by Gasteiger charge is -2.04. The smallest absolute Gasteiger partial charge is 0.0827 e. The number of nitrogens with zero attached hydrogens (tertiary/aromatic N) is 3. The van der Waals surface area contributed by atoms with Crippen molar-refractivity contribution in [3.8, 4) is 0 Å². The molecule has 1 unspecified atom stereocenters. The number of hydrogen-bond donors (Lipinski definition) is 0. The van der Waals surface area contributed by atoms with Crippen LogP contribution in [0.4, 0.5) is 0 Å². The van der Waals surface area contributed by atoms with Gasteiger partial charge in [0.2, 0.25) is 0 Å². The molecule has 3 nitrogen and oxygen atoms in total. The third-order valence-corrected chi connectivity index (χ3v) is 2.63. The van der Waals surface area contributed by atoms with Gasteiger partial charge < -0.3 is 0 Å². The van der Waals surface area contributed by atoms with Gasteiger partial charge in [-0.1, -0.05) is 32.4 Å². The normalized spacial score (nSPS) is 13.1. The molecule has 0 fully saturated rings. The largest absolute Gasteiger partial charge is 0.252 e. The van der Waals surface area contributed by atoms with Crippen molar-refractivity contribution in [2.24, 2.45) is 5.92 Å². The Labute approximate surface area is 86.5 Å². The fourth-order valence-corrected chi connectivity index (χ4v) is 1.39. The molecule has 80 valence electrons. The topological polar surface area (TPSA) is 30.7 Å². The molecule has 1 heterocycles. The monoisotopic (exact) mass is 195 g/mol. The summed E-state index contributed by atoms with van der Waals surface area (Å²) < 4.78 is 1.94. The lowest BCUT2D eigenvalue weighted by molar-refractivity contribution is 0.513. The minimum absolute atomic E-state index is 0.798. The second kappa shape index (κ2) is 5.78. The van der Waals surface area contributed by atoms with Crippen LogP contribution in [-0.2, 0) is 13.0 Å². The standard InChI is InChI=1S/C11H21N3/c1-4-8-14-9-11(12-13-14)7-6-10(3)5-2/h9-10H,4-8H2,1-3H3. The highest BCUT2D eigenvalue weighted by atomic mass is 15.4. The van der Waals surface area contributed by atoms with Crippen molar-refractivity contribution in [3.05, 3.63) is 11.9 Å². The highest BCUT2D eigenvalue weighted by Crippen LogP contribution is 2.10. The van der Waals surface area contributed by atoms with Crippen molar-refractivity contribution in [2.75, 3.05) is 0 Å². The molecule has 14 heavy (non-hydrogen) atoms. The van der Waals surface area contributed by atoms with E-state index in [1.165, 1.54) is 12.8 Å². The quantitative estimate of drug-likeness (QED) is 0.698. The summed E-state index contributed by atoms with van der Waals surface area (Å²) in [4.78, 5) is 0. The molecule has 0 saturated carbocycles. The molecule has 0 radical (unpaired) electrons. The van der Waals surface area contributed by atoms with Crippen LogP contribution < -0.4 is 0 Å². The molecule has 0 spiro atoms. The first-order valence-corrected chi connectivity index (χ1v) is 5.65. The van der Waals surface area contributed by atoms with Crippen molar-refractivity contribution in [2.45, 2.75) is 53.0 Å². The lowest BCUT2D eigenvalue weighted by atomic mass is 10.0. The van der Waals surface area contributed by atoms with E-state index in [2.05, 4.69) is 37.3 Å². The Balaban J connectivity index is 2.35. The molecule has 0 aliphatic heterocycles. The molecule has 1 atom stereocenters. The highest BCUT2D eigenvalue weighted by Gasteiger charge is 2.03. The van der Waals surface area contributed by atoms with Gasteiger partial charge in [0.1, 0.15) is 0 Å². The van der Waals surface area contributed by atoms with E-state index in [4.69, 9.17) is 0 Å². The van der Waals surface area contributed by atoms with Crippen molar-refractivity contribution >= 4 is 0 Å². The summed E-state index contributed by atoms with van der Waals surface area (Å²) in [7, 11) is 0. The summed E-state index contributed by atoms with van der Waals surface area (Å²) in [6.45, 7) is 7.66. The van der Waals surface area contributed by atoms with Crippen LogP contribution in [0.25, 0.3) is 0 Å². The van der Waals surface area contributed by atoms with Gasteiger partial charge in [0.05, 0.1) is 5.69 Å². The summed E-state index contributed by atoms with van der Waals surface area (Å²) in [5.74, 6) is 0.798. The second-order valence-corrected chi connectivity index (χ2v) is 4.03. The molecule has 0 aliphatic carbocycles. The van der Waals surface area contributed by atoms with E-state index >= 15 is 0 Å². The first-order chi connectivity index (χ1) is 6.76. The SMILES string of the molecule is CCCn1cc(CCC(C)CC)nn1. The molecular weight excluding hydrogens is 174 g/mol. The molecule has 3 heteroatoms. The maximum absolute atomic E-state index is 4.15. The van der Waals surface area contributed by atoms with Crippen molar-refractivity contribution in [1.82, 2.24) is 15.0 Å².